The van der Waals surface area contributed by atoms with Crippen molar-refractivity contribution in [3.8, 4) is 22.5 Å². The molecule has 0 saturated carbocycles. The number of carbonyl (C=O) groups excluding carboxylic acids is 8. The number of rotatable bonds is 20. The van der Waals surface area contributed by atoms with E-state index in [4.69, 9.17) is 19.2 Å². The Labute approximate surface area is 483 Å². The molecule has 436 valence electrons. The predicted octanol–water partition coefficient (Wildman–Crippen LogP) is 6.67. The van der Waals surface area contributed by atoms with Crippen molar-refractivity contribution in [2.75, 3.05) is 19.7 Å². The average Bonchev–Trinajstić information content (AvgIpc) is 1.61. The summed E-state index contributed by atoms with van der Waals surface area (Å²) in [5, 5.41) is 22.8. The molecular formula is C64H65FN6O13. The van der Waals surface area contributed by atoms with Gasteiger partial charge in [0.05, 0.1) is 54.6 Å². The molecule has 4 heterocycles. The first-order valence-electron chi connectivity index (χ1n) is 28.2. The van der Waals surface area contributed by atoms with Crippen LogP contribution in [0.1, 0.15) is 128 Å². The lowest BCUT2D eigenvalue weighted by atomic mass is 9.81. The summed E-state index contributed by atoms with van der Waals surface area (Å²) in [6.45, 7) is 6.91. The lowest BCUT2D eigenvalue weighted by Gasteiger charge is -2.31. The third kappa shape index (κ3) is 11.8. The van der Waals surface area contributed by atoms with Gasteiger partial charge < -0.3 is 45.2 Å². The van der Waals surface area contributed by atoms with Crippen LogP contribution in [0.25, 0.3) is 33.4 Å². The lowest BCUT2D eigenvalue weighted by Crippen LogP contribution is -2.44. The highest BCUT2D eigenvalue weighted by atomic mass is 19.1. The molecule has 1 unspecified atom stereocenters. The number of hydrogen-bond donors (Lipinski definition) is 5. The van der Waals surface area contributed by atoms with E-state index in [1.54, 1.807) is 71.0 Å². The molecule has 84 heavy (non-hydrogen) atoms. The van der Waals surface area contributed by atoms with Crippen molar-refractivity contribution in [3.63, 3.8) is 0 Å². The molecule has 0 spiro atoms. The smallest absolute Gasteiger partial charge is 0.407 e. The molecule has 0 fully saturated rings. The molecule has 2 aliphatic carbocycles. The molecule has 2 aromatic heterocycles. The Kier molecular flexibility index (Phi) is 16.5. The van der Waals surface area contributed by atoms with Crippen molar-refractivity contribution < 1.29 is 62.1 Å². The maximum absolute atomic E-state index is 15.5. The zero-order chi connectivity index (χ0) is 59.8. The van der Waals surface area contributed by atoms with Crippen LogP contribution in [0.3, 0.4) is 0 Å². The summed E-state index contributed by atoms with van der Waals surface area (Å²) in [5.41, 5.74) is 4.83. The van der Waals surface area contributed by atoms with Crippen molar-refractivity contribution in [1.82, 2.24) is 30.8 Å². The number of Topliss-reactive ketones (excluding diaryl/α,β-unsaturated/α-hetero) is 2. The quantitative estimate of drug-likeness (QED) is 0.0394. The summed E-state index contributed by atoms with van der Waals surface area (Å²) < 4.78 is 33.4. The number of cyclic esters (lactones) is 1. The molecule has 5 N–H and O–H groups in total. The molecule has 10 rings (SSSR count). The SMILES string of the molecule is CC[C@@]1(O)C(=O)OCc2c1cc1n(c2=O)Cc2c-1nc1cc(F)c(C)c3c1c2C(NC(=O)CNC(=O)[C@@H](CC(=O)CNC(=O)CCC(=O)[C@H](CC(=O)OC(C)(C)C)NC(=O)OCC1c2ccccc2-c2ccccc21)Cc1ccccc1)CC3. The molecule has 0 bridgehead atoms. The topological polar surface area (TPSA) is 267 Å². The van der Waals surface area contributed by atoms with Crippen LogP contribution in [-0.4, -0.2) is 93.3 Å². The second-order valence-corrected chi connectivity index (χ2v) is 22.9. The fourth-order valence-corrected chi connectivity index (χ4v) is 12.0. The summed E-state index contributed by atoms with van der Waals surface area (Å²) in [7, 11) is 0. The van der Waals surface area contributed by atoms with E-state index in [2.05, 4.69) is 21.3 Å². The van der Waals surface area contributed by atoms with Gasteiger partial charge >= 0.3 is 18.0 Å². The van der Waals surface area contributed by atoms with Crippen molar-refractivity contribution in [2.24, 2.45) is 5.92 Å². The summed E-state index contributed by atoms with van der Waals surface area (Å²) >= 11 is 0. The lowest BCUT2D eigenvalue weighted by molar-refractivity contribution is -0.172. The number of aryl methyl sites for hydroxylation is 1. The van der Waals surface area contributed by atoms with E-state index in [-0.39, 0.29) is 56.1 Å². The first-order chi connectivity index (χ1) is 40.1. The molecular weight excluding hydrogens is 1080 g/mol. The van der Waals surface area contributed by atoms with Crippen LogP contribution in [0.15, 0.2) is 95.8 Å². The number of esters is 2. The molecule has 0 saturated heterocycles. The third-order valence-corrected chi connectivity index (χ3v) is 16.2. The van der Waals surface area contributed by atoms with Gasteiger partial charge in [-0.3, -0.25) is 33.6 Å². The van der Waals surface area contributed by atoms with E-state index < -0.39 is 120 Å². The van der Waals surface area contributed by atoms with Crippen LogP contribution in [0.5, 0.6) is 0 Å². The van der Waals surface area contributed by atoms with Crippen LogP contribution in [-0.2, 0) is 79.4 Å². The van der Waals surface area contributed by atoms with Crippen LogP contribution in [0.2, 0.25) is 0 Å². The van der Waals surface area contributed by atoms with Gasteiger partial charge in [-0.2, -0.15) is 0 Å². The second kappa shape index (κ2) is 23.8. The summed E-state index contributed by atoms with van der Waals surface area (Å²) in [5.74, 6) is -6.40. The molecule has 4 aromatic carbocycles. The Morgan fingerprint density at radius 1 is 0.857 bits per heavy atom. The fourth-order valence-electron chi connectivity index (χ4n) is 12.0. The number of nitrogens with zero attached hydrogens (tertiary/aromatic N) is 2. The normalized spacial score (nSPS) is 17.0. The Morgan fingerprint density at radius 2 is 1.55 bits per heavy atom. The number of pyridine rings is 2. The Balaban J connectivity index is 0.770. The minimum atomic E-state index is -2.07. The zero-order valence-corrected chi connectivity index (χ0v) is 47.3. The predicted molar refractivity (Wildman–Crippen MR) is 304 cm³/mol. The Hall–Kier alpha value is -8.91. The van der Waals surface area contributed by atoms with Gasteiger partial charge in [0.1, 0.15) is 30.7 Å². The van der Waals surface area contributed by atoms with Crippen molar-refractivity contribution in [3.05, 3.63) is 157 Å². The number of nitrogens with one attached hydrogen (secondary N) is 4. The number of halogens is 1. The number of aromatic nitrogens is 2. The largest absolute Gasteiger partial charge is 0.460 e. The zero-order valence-electron chi connectivity index (χ0n) is 47.3. The molecule has 0 radical (unpaired) electrons. The number of fused-ring (bicyclic) bond motifs is 8. The maximum Gasteiger partial charge on any atom is 0.407 e. The number of benzene rings is 4. The highest BCUT2D eigenvalue weighted by Crippen LogP contribution is 2.47. The molecule has 19 nitrogen and oxygen atoms in total. The number of carbonyl (C=O) groups is 8. The Morgan fingerprint density at radius 3 is 2.24 bits per heavy atom. The summed E-state index contributed by atoms with van der Waals surface area (Å²) in [4.78, 5) is 127. The molecule has 2 aliphatic heterocycles. The maximum atomic E-state index is 15.5. The summed E-state index contributed by atoms with van der Waals surface area (Å²) in [6, 6.07) is 25.3. The van der Waals surface area contributed by atoms with Crippen LogP contribution in [0.4, 0.5) is 9.18 Å². The number of aliphatic hydroxyl groups is 1. The number of ketones is 2. The molecule has 4 amide bonds. The standard InChI is InChI=1S/C64H65FN6O13/c1-6-64(81)46-26-51-58-43(31-71(51)60(78)45(46)33-82-61(64)79)57-48(21-20-38-34(2)47(65)27-50(69-58)56(38)57)68-54(75)30-67-59(77)36(24-35-14-8-7-9-15-35)25-37(72)29-66-53(74)23-22-52(73)49(28-55(76)84-63(3,4)5)70-62(80)83-32-44-41-18-12-10-16-39(41)40-17-11-13-19-42(40)44/h7-19,26-27,36,44,48-49,81H,6,20-25,28-33H2,1-5H3,(H,66,74)(H,67,77)(H,68,75)(H,70,80)/t36-,48?,49+,64+/m1/s1. The first-order valence-corrected chi connectivity index (χ1v) is 28.2. The van der Waals surface area contributed by atoms with Gasteiger partial charge in [0.25, 0.3) is 5.56 Å². The number of alkyl carbamates (subject to hydrolysis) is 1. The Bertz CT molecular complexity index is 3720. The van der Waals surface area contributed by atoms with Gasteiger partial charge in [0.15, 0.2) is 17.2 Å². The van der Waals surface area contributed by atoms with Crippen molar-refractivity contribution >= 4 is 58.2 Å². The van der Waals surface area contributed by atoms with E-state index >= 15 is 4.39 Å². The molecule has 4 aliphatic rings. The second-order valence-electron chi connectivity index (χ2n) is 22.9. The number of amides is 4. The van der Waals surface area contributed by atoms with E-state index in [1.165, 1.54) is 10.6 Å². The average molecular weight is 1150 g/mol. The minimum absolute atomic E-state index is 0.0276. The highest BCUT2D eigenvalue weighted by molar-refractivity contribution is 5.97. The molecule has 20 heteroatoms. The van der Waals surface area contributed by atoms with Gasteiger partial charge in [-0.25, -0.2) is 19.0 Å². The van der Waals surface area contributed by atoms with Crippen LogP contribution >= 0.6 is 0 Å². The van der Waals surface area contributed by atoms with Gasteiger partial charge in [-0.15, -0.1) is 0 Å². The molecule has 4 atom stereocenters. The number of hydrogen-bond acceptors (Lipinski definition) is 14. The van der Waals surface area contributed by atoms with E-state index in [1.807, 2.05) is 48.5 Å². The van der Waals surface area contributed by atoms with Crippen LogP contribution < -0.4 is 26.8 Å². The van der Waals surface area contributed by atoms with Crippen molar-refractivity contribution in [1.29, 1.82) is 0 Å². The summed E-state index contributed by atoms with van der Waals surface area (Å²) in [6.07, 6.45) is -1.89. The minimum Gasteiger partial charge on any atom is -0.460 e. The van der Waals surface area contributed by atoms with E-state index in [0.29, 0.717) is 57.4 Å². The molecule has 6 aromatic rings. The number of ether oxygens (including phenoxy) is 3. The van der Waals surface area contributed by atoms with Gasteiger partial charge in [-0.1, -0.05) is 85.8 Å². The monoisotopic (exact) mass is 1140 g/mol. The first kappa shape index (κ1) is 58.3. The third-order valence-electron chi connectivity index (χ3n) is 16.2. The van der Waals surface area contributed by atoms with Gasteiger partial charge in [0.2, 0.25) is 17.7 Å². The van der Waals surface area contributed by atoms with Gasteiger partial charge in [-0.05, 0) is 104 Å². The fraction of sp³-hybridized carbons (Fsp3) is 0.375. The van der Waals surface area contributed by atoms with Crippen LogP contribution in [0, 0.1) is 18.7 Å². The highest BCUT2D eigenvalue weighted by Gasteiger charge is 2.46. The van der Waals surface area contributed by atoms with E-state index in [9.17, 15) is 48.3 Å². The van der Waals surface area contributed by atoms with E-state index in [0.717, 1.165) is 27.8 Å². The van der Waals surface area contributed by atoms with Gasteiger partial charge in [0, 0.05) is 53.7 Å². The van der Waals surface area contributed by atoms with Crippen molar-refractivity contribution in [2.45, 2.75) is 128 Å².